The first kappa shape index (κ1) is 17.4. The molecule has 2 N–H and O–H groups in total. The zero-order valence-electron chi connectivity index (χ0n) is 14.1. The van der Waals surface area contributed by atoms with Gasteiger partial charge >= 0.3 is 0 Å². The molecule has 0 aliphatic rings. The second-order valence-electron chi connectivity index (χ2n) is 5.63. The Hall–Kier alpha value is -2.00. The first-order valence-corrected chi connectivity index (χ1v) is 8.41. The van der Waals surface area contributed by atoms with Crippen molar-refractivity contribution in [2.24, 2.45) is 5.73 Å². The monoisotopic (exact) mass is 313 g/mol. The molecule has 0 saturated heterocycles. The van der Waals surface area contributed by atoms with Gasteiger partial charge in [-0.05, 0) is 61.7 Å². The smallest absolute Gasteiger partial charge is 0.119 e. The van der Waals surface area contributed by atoms with Gasteiger partial charge in [0.1, 0.15) is 11.5 Å². The summed E-state index contributed by atoms with van der Waals surface area (Å²) in [7, 11) is 0. The summed E-state index contributed by atoms with van der Waals surface area (Å²) in [6.07, 6.45) is 1.93. The van der Waals surface area contributed by atoms with Crippen molar-refractivity contribution < 1.29 is 9.47 Å². The van der Waals surface area contributed by atoms with Crippen molar-refractivity contribution >= 4 is 0 Å². The average Bonchev–Trinajstić information content (AvgIpc) is 2.60. The molecule has 23 heavy (non-hydrogen) atoms. The molecule has 0 radical (unpaired) electrons. The van der Waals surface area contributed by atoms with Gasteiger partial charge in [0, 0.05) is 5.92 Å². The highest BCUT2D eigenvalue weighted by Gasteiger charge is 2.12. The summed E-state index contributed by atoms with van der Waals surface area (Å²) in [5.74, 6) is 2.13. The van der Waals surface area contributed by atoms with Crippen LogP contribution in [0.2, 0.25) is 0 Å². The summed E-state index contributed by atoms with van der Waals surface area (Å²) in [5, 5.41) is 0. The fraction of sp³-hybridized carbons (Fsp3) is 0.400. The van der Waals surface area contributed by atoms with Gasteiger partial charge in [-0.2, -0.15) is 0 Å². The Bertz CT molecular complexity index is 580. The third kappa shape index (κ3) is 5.29. The fourth-order valence-electron chi connectivity index (χ4n) is 2.59. The van der Waals surface area contributed by atoms with Crippen LogP contribution in [0.15, 0.2) is 48.5 Å². The van der Waals surface area contributed by atoms with Crippen LogP contribution in [0, 0.1) is 0 Å². The predicted molar refractivity (Wildman–Crippen MR) is 95.3 cm³/mol. The molecule has 0 bridgehead atoms. The Kier molecular flexibility index (Phi) is 6.95. The van der Waals surface area contributed by atoms with E-state index in [2.05, 4.69) is 31.2 Å². The molecule has 1 unspecified atom stereocenters. The third-order valence-electron chi connectivity index (χ3n) is 3.80. The van der Waals surface area contributed by atoms with Gasteiger partial charge in [0.05, 0.1) is 13.2 Å². The maximum absolute atomic E-state index is 6.01. The molecule has 2 aromatic carbocycles. The second-order valence-corrected chi connectivity index (χ2v) is 5.63. The molecule has 3 heteroatoms. The Balaban J connectivity index is 2.06. The number of nitrogens with two attached hydrogens (primary N) is 1. The van der Waals surface area contributed by atoms with E-state index in [4.69, 9.17) is 15.2 Å². The minimum Gasteiger partial charge on any atom is -0.494 e. The van der Waals surface area contributed by atoms with E-state index in [9.17, 15) is 0 Å². The van der Waals surface area contributed by atoms with Crippen LogP contribution in [0.25, 0.3) is 0 Å². The van der Waals surface area contributed by atoms with E-state index in [1.54, 1.807) is 0 Å². The van der Waals surface area contributed by atoms with Crippen molar-refractivity contribution in [2.75, 3.05) is 19.8 Å². The van der Waals surface area contributed by atoms with E-state index >= 15 is 0 Å². The Labute approximate surface area is 139 Å². The summed E-state index contributed by atoms with van der Waals surface area (Å²) < 4.78 is 11.2. The van der Waals surface area contributed by atoms with Crippen LogP contribution in [0.1, 0.15) is 37.3 Å². The summed E-state index contributed by atoms with van der Waals surface area (Å²) >= 11 is 0. The highest BCUT2D eigenvalue weighted by atomic mass is 16.5. The van der Waals surface area contributed by atoms with Crippen LogP contribution < -0.4 is 15.2 Å². The number of hydrogen-bond acceptors (Lipinski definition) is 3. The lowest BCUT2D eigenvalue weighted by Gasteiger charge is -2.17. The molecule has 0 aliphatic heterocycles. The summed E-state index contributed by atoms with van der Waals surface area (Å²) in [6.45, 7) is 6.15. The normalized spacial score (nSPS) is 12.0. The lowest BCUT2D eigenvalue weighted by Crippen LogP contribution is -2.15. The number of rotatable bonds is 9. The summed E-state index contributed by atoms with van der Waals surface area (Å²) in [6, 6.07) is 16.6. The number of ether oxygens (including phenoxy) is 2. The van der Waals surface area contributed by atoms with E-state index in [1.807, 2.05) is 31.2 Å². The molecular formula is C20H27NO2. The number of hydrogen-bond donors (Lipinski definition) is 1. The van der Waals surface area contributed by atoms with Crippen LogP contribution in [0.3, 0.4) is 0 Å². The largest absolute Gasteiger partial charge is 0.494 e. The van der Waals surface area contributed by atoms with Gasteiger partial charge in [0.2, 0.25) is 0 Å². The predicted octanol–water partition coefficient (Wildman–Crippen LogP) is 4.16. The van der Waals surface area contributed by atoms with E-state index in [1.165, 1.54) is 11.1 Å². The van der Waals surface area contributed by atoms with Crippen molar-refractivity contribution in [1.82, 2.24) is 0 Å². The first-order valence-electron chi connectivity index (χ1n) is 8.41. The Morgan fingerprint density at radius 1 is 0.957 bits per heavy atom. The summed E-state index contributed by atoms with van der Waals surface area (Å²) in [4.78, 5) is 0. The van der Waals surface area contributed by atoms with Gasteiger partial charge in [-0.3, -0.25) is 0 Å². The third-order valence-corrected chi connectivity index (χ3v) is 3.80. The van der Waals surface area contributed by atoms with Crippen LogP contribution in [0.5, 0.6) is 11.5 Å². The molecule has 1 atom stereocenters. The molecule has 0 aromatic heterocycles. The molecular weight excluding hydrogens is 286 g/mol. The molecule has 0 amide bonds. The SMILES string of the molecule is CCCOc1cccc(C(CN)Cc2ccc(OCC)cc2)c1. The van der Waals surface area contributed by atoms with Crippen molar-refractivity contribution in [3.63, 3.8) is 0 Å². The highest BCUT2D eigenvalue weighted by molar-refractivity contribution is 5.34. The molecule has 0 heterocycles. The van der Waals surface area contributed by atoms with Crippen LogP contribution >= 0.6 is 0 Å². The molecule has 2 aromatic rings. The minimum absolute atomic E-state index is 0.290. The maximum atomic E-state index is 6.01. The first-order chi connectivity index (χ1) is 11.3. The van der Waals surface area contributed by atoms with E-state index in [-0.39, 0.29) is 5.92 Å². The van der Waals surface area contributed by atoms with E-state index in [0.29, 0.717) is 13.2 Å². The molecule has 0 spiro atoms. The lowest BCUT2D eigenvalue weighted by atomic mass is 9.92. The molecule has 0 saturated carbocycles. The maximum Gasteiger partial charge on any atom is 0.119 e. The Morgan fingerprint density at radius 2 is 1.74 bits per heavy atom. The molecule has 3 nitrogen and oxygen atoms in total. The number of benzene rings is 2. The van der Waals surface area contributed by atoms with Crippen LogP contribution in [-0.4, -0.2) is 19.8 Å². The van der Waals surface area contributed by atoms with Gasteiger partial charge in [-0.25, -0.2) is 0 Å². The molecule has 0 aliphatic carbocycles. The summed E-state index contributed by atoms with van der Waals surface area (Å²) in [5.41, 5.74) is 8.51. The van der Waals surface area contributed by atoms with Gasteiger partial charge in [-0.1, -0.05) is 31.2 Å². The lowest BCUT2D eigenvalue weighted by molar-refractivity contribution is 0.317. The van der Waals surface area contributed by atoms with Crippen molar-refractivity contribution in [2.45, 2.75) is 32.6 Å². The highest BCUT2D eigenvalue weighted by Crippen LogP contribution is 2.25. The van der Waals surface area contributed by atoms with Gasteiger partial charge in [-0.15, -0.1) is 0 Å². The second kappa shape index (κ2) is 9.21. The topological polar surface area (TPSA) is 44.5 Å². The molecule has 124 valence electrons. The zero-order chi connectivity index (χ0) is 16.5. The van der Waals surface area contributed by atoms with Crippen molar-refractivity contribution in [1.29, 1.82) is 0 Å². The average molecular weight is 313 g/mol. The Morgan fingerprint density at radius 3 is 2.39 bits per heavy atom. The molecule has 0 fully saturated rings. The van der Waals surface area contributed by atoms with Crippen LogP contribution in [0.4, 0.5) is 0 Å². The van der Waals surface area contributed by atoms with E-state index < -0.39 is 0 Å². The van der Waals surface area contributed by atoms with Gasteiger partial charge in [0.25, 0.3) is 0 Å². The van der Waals surface area contributed by atoms with Gasteiger partial charge in [0.15, 0.2) is 0 Å². The quantitative estimate of drug-likeness (QED) is 0.756. The van der Waals surface area contributed by atoms with E-state index in [0.717, 1.165) is 30.9 Å². The zero-order valence-corrected chi connectivity index (χ0v) is 14.1. The fourth-order valence-corrected chi connectivity index (χ4v) is 2.59. The van der Waals surface area contributed by atoms with Crippen molar-refractivity contribution in [3.05, 3.63) is 59.7 Å². The standard InChI is InChI=1S/C20H27NO2/c1-3-12-23-20-7-5-6-17(14-20)18(15-21)13-16-8-10-19(11-9-16)22-4-2/h5-11,14,18H,3-4,12-13,15,21H2,1-2H3. The minimum atomic E-state index is 0.290. The van der Waals surface area contributed by atoms with Crippen LogP contribution in [-0.2, 0) is 6.42 Å². The van der Waals surface area contributed by atoms with Gasteiger partial charge < -0.3 is 15.2 Å². The molecule has 2 rings (SSSR count). The van der Waals surface area contributed by atoms with Crippen molar-refractivity contribution in [3.8, 4) is 11.5 Å².